The Morgan fingerprint density at radius 3 is 2.61 bits per heavy atom. The van der Waals surface area contributed by atoms with Gasteiger partial charge in [-0.2, -0.15) is 0 Å². The molecule has 0 spiro atoms. The van der Waals surface area contributed by atoms with Crippen molar-refractivity contribution in [2.75, 3.05) is 33.4 Å². The number of likely N-dealkylation sites (N-methyl/N-ethyl adjacent to an activating group) is 1. The number of rotatable bonds is 10. The van der Waals surface area contributed by atoms with Crippen LogP contribution in [0.1, 0.15) is 36.0 Å². The number of amides is 1. The number of benzene rings is 2. The molecule has 4 heterocycles. The van der Waals surface area contributed by atoms with Crippen LogP contribution >= 0.6 is 11.8 Å². The van der Waals surface area contributed by atoms with E-state index < -0.39 is 5.79 Å². The number of ether oxygens (including phenoxy) is 3. The van der Waals surface area contributed by atoms with E-state index in [0.29, 0.717) is 48.7 Å². The van der Waals surface area contributed by atoms with Gasteiger partial charge in [-0.1, -0.05) is 43.3 Å². The van der Waals surface area contributed by atoms with Gasteiger partial charge < -0.3 is 28.7 Å². The van der Waals surface area contributed by atoms with E-state index >= 15 is 0 Å². The summed E-state index contributed by atoms with van der Waals surface area (Å²) in [4.78, 5) is 41.7. The maximum absolute atomic E-state index is 12.5. The van der Waals surface area contributed by atoms with Crippen LogP contribution in [0.3, 0.4) is 0 Å². The molecule has 2 aromatic carbocycles. The molecule has 2 aliphatic rings. The van der Waals surface area contributed by atoms with Gasteiger partial charge in [0, 0.05) is 24.2 Å². The lowest BCUT2D eigenvalue weighted by Crippen LogP contribution is -2.54. The SMILES string of the molecule is C=O.CCCC1(CN(NCc2nc3cnccc3o2)C(=O)CNC)OCCO1.O=Cc1ccc2c(c1)Oc1ccccc1S2. The van der Waals surface area contributed by atoms with Gasteiger partial charge in [0.2, 0.25) is 5.89 Å². The number of aromatic nitrogens is 2. The van der Waals surface area contributed by atoms with Crippen molar-refractivity contribution in [3.05, 3.63) is 72.4 Å². The van der Waals surface area contributed by atoms with Crippen molar-refractivity contribution in [2.45, 2.75) is 41.9 Å². The van der Waals surface area contributed by atoms with Crippen LogP contribution in [0.5, 0.6) is 11.5 Å². The van der Waals surface area contributed by atoms with Crippen molar-refractivity contribution in [2.24, 2.45) is 0 Å². The van der Waals surface area contributed by atoms with Crippen LogP contribution in [0.15, 0.2) is 75.1 Å². The Morgan fingerprint density at radius 1 is 1.11 bits per heavy atom. The zero-order valence-corrected chi connectivity index (χ0v) is 25.4. The first-order valence-corrected chi connectivity index (χ1v) is 14.8. The van der Waals surface area contributed by atoms with E-state index in [1.807, 2.05) is 37.1 Å². The summed E-state index contributed by atoms with van der Waals surface area (Å²) in [7, 11) is 1.73. The highest BCUT2D eigenvalue weighted by Crippen LogP contribution is 2.46. The van der Waals surface area contributed by atoms with Gasteiger partial charge in [0.15, 0.2) is 11.4 Å². The second-order valence-electron chi connectivity index (χ2n) is 9.63. The van der Waals surface area contributed by atoms with Gasteiger partial charge in [-0.3, -0.25) is 19.6 Å². The van der Waals surface area contributed by atoms with Gasteiger partial charge in [0.1, 0.15) is 30.1 Å². The molecule has 0 saturated carbocycles. The minimum atomic E-state index is -0.767. The lowest BCUT2D eigenvalue weighted by molar-refractivity contribution is -0.185. The van der Waals surface area contributed by atoms with E-state index in [9.17, 15) is 9.59 Å². The molecular weight excluding hydrogens is 586 g/mol. The molecule has 0 radical (unpaired) electrons. The molecule has 44 heavy (non-hydrogen) atoms. The van der Waals surface area contributed by atoms with E-state index in [-0.39, 0.29) is 19.0 Å². The first kappa shape index (κ1) is 32.8. The van der Waals surface area contributed by atoms with Crippen molar-refractivity contribution in [3.8, 4) is 11.5 Å². The second-order valence-corrected chi connectivity index (χ2v) is 10.7. The lowest BCUT2D eigenvalue weighted by Gasteiger charge is -2.33. The molecule has 4 aromatic rings. The molecule has 0 aliphatic carbocycles. The predicted molar refractivity (Wildman–Crippen MR) is 163 cm³/mol. The lowest BCUT2D eigenvalue weighted by atomic mass is 10.1. The van der Waals surface area contributed by atoms with E-state index in [0.717, 1.165) is 34.0 Å². The third-order valence-electron chi connectivity index (χ3n) is 6.52. The zero-order valence-electron chi connectivity index (χ0n) is 24.6. The number of oxazole rings is 1. The molecule has 2 aromatic heterocycles. The smallest absolute Gasteiger partial charge is 0.250 e. The van der Waals surface area contributed by atoms with Crippen molar-refractivity contribution < 1.29 is 33.0 Å². The Hall–Kier alpha value is -4.14. The van der Waals surface area contributed by atoms with Crippen LogP contribution in [0, 0.1) is 0 Å². The molecule has 0 bridgehead atoms. The summed E-state index contributed by atoms with van der Waals surface area (Å²) in [6.07, 6.45) is 5.73. The van der Waals surface area contributed by atoms with Crippen molar-refractivity contribution in [1.29, 1.82) is 0 Å². The fourth-order valence-corrected chi connectivity index (χ4v) is 5.53. The van der Waals surface area contributed by atoms with Crippen LogP contribution < -0.4 is 15.5 Å². The minimum absolute atomic E-state index is 0.111. The maximum atomic E-state index is 12.5. The molecule has 1 saturated heterocycles. The molecule has 232 valence electrons. The van der Waals surface area contributed by atoms with Crippen LogP contribution in [-0.4, -0.2) is 73.1 Å². The summed E-state index contributed by atoms with van der Waals surface area (Å²) in [5.41, 5.74) is 5.08. The number of aldehydes is 1. The maximum Gasteiger partial charge on any atom is 0.250 e. The summed E-state index contributed by atoms with van der Waals surface area (Å²) < 4.78 is 23.0. The molecule has 6 rings (SSSR count). The van der Waals surface area contributed by atoms with Gasteiger partial charge in [-0.05, 0) is 31.3 Å². The Morgan fingerprint density at radius 2 is 1.89 bits per heavy atom. The Balaban J connectivity index is 0.000000209. The van der Waals surface area contributed by atoms with Gasteiger partial charge in [-0.25, -0.2) is 10.4 Å². The summed E-state index contributed by atoms with van der Waals surface area (Å²) in [6.45, 7) is 5.90. The van der Waals surface area contributed by atoms with Crippen molar-refractivity contribution in [1.82, 2.24) is 25.7 Å². The van der Waals surface area contributed by atoms with Gasteiger partial charge >= 0.3 is 0 Å². The number of hydrogen-bond donors (Lipinski definition) is 2. The van der Waals surface area contributed by atoms with E-state index in [1.165, 1.54) is 5.01 Å². The monoisotopic (exact) mass is 621 g/mol. The summed E-state index contributed by atoms with van der Waals surface area (Å²) in [6, 6.07) is 15.1. The fraction of sp³-hybridized carbons (Fsp3) is 0.323. The normalized spacial score (nSPS) is 14.1. The van der Waals surface area contributed by atoms with Crippen molar-refractivity contribution >= 4 is 41.8 Å². The Labute approximate surface area is 259 Å². The predicted octanol–water partition coefficient (Wildman–Crippen LogP) is 4.39. The van der Waals surface area contributed by atoms with Gasteiger partial charge in [0.05, 0.1) is 48.8 Å². The number of para-hydroxylation sites is 1. The fourth-order valence-electron chi connectivity index (χ4n) is 4.60. The summed E-state index contributed by atoms with van der Waals surface area (Å²) in [5, 5.41) is 4.40. The molecule has 13 heteroatoms. The number of carbonyl (C=O) groups excluding carboxylic acids is 3. The number of pyridine rings is 1. The number of carbonyl (C=O) groups is 3. The molecule has 2 N–H and O–H groups in total. The molecule has 0 atom stereocenters. The van der Waals surface area contributed by atoms with Crippen LogP contribution in [0.25, 0.3) is 11.1 Å². The summed E-state index contributed by atoms with van der Waals surface area (Å²) in [5.74, 6) is 1.21. The van der Waals surface area contributed by atoms with Crippen LogP contribution in [0.2, 0.25) is 0 Å². The van der Waals surface area contributed by atoms with E-state index in [2.05, 4.69) is 27.6 Å². The third kappa shape index (κ3) is 8.27. The number of hydrazine groups is 1. The average molecular weight is 622 g/mol. The Kier molecular flexibility index (Phi) is 12.0. The van der Waals surface area contributed by atoms with Crippen LogP contribution in [0.4, 0.5) is 0 Å². The molecule has 1 fully saturated rings. The number of nitrogens with one attached hydrogen (secondary N) is 2. The highest BCUT2D eigenvalue weighted by atomic mass is 32.2. The molecular formula is C31H35N5O7S. The van der Waals surface area contributed by atoms with E-state index in [1.54, 1.807) is 49.4 Å². The average Bonchev–Trinajstić information content (AvgIpc) is 3.70. The topological polar surface area (TPSA) is 145 Å². The molecule has 2 aliphatic heterocycles. The second kappa shape index (κ2) is 16.1. The van der Waals surface area contributed by atoms with Crippen LogP contribution in [-0.2, 0) is 25.6 Å². The molecule has 1 amide bonds. The van der Waals surface area contributed by atoms with Crippen molar-refractivity contribution in [3.63, 3.8) is 0 Å². The largest absolute Gasteiger partial charge is 0.455 e. The summed E-state index contributed by atoms with van der Waals surface area (Å²) >= 11 is 1.66. The number of fused-ring (bicyclic) bond motifs is 3. The first-order chi connectivity index (χ1) is 21.5. The molecule has 0 unspecified atom stereocenters. The van der Waals surface area contributed by atoms with Gasteiger partial charge in [0.25, 0.3) is 5.91 Å². The quantitative estimate of drug-likeness (QED) is 0.169. The highest BCUT2D eigenvalue weighted by Gasteiger charge is 2.39. The minimum Gasteiger partial charge on any atom is -0.455 e. The number of hydrogen-bond acceptors (Lipinski definition) is 12. The molecule has 12 nitrogen and oxygen atoms in total. The number of nitrogens with zero attached hydrogens (tertiary/aromatic N) is 3. The van der Waals surface area contributed by atoms with E-state index in [4.69, 9.17) is 23.4 Å². The standard InChI is InChI=1S/C17H25N5O4.C13H8O2S.CH2O/c1-3-5-17(24-7-8-25-17)12-22(16(23)11-18-2)20-10-15-21-13-9-19-6-4-14(13)26-15;14-8-9-5-6-13-11(7-9)15-10-3-1-2-4-12(10)16-13;1-2/h4,6,9,18,20H,3,5,7-8,10-12H2,1-2H3;1-8H;1H2. The third-order valence-corrected chi connectivity index (χ3v) is 7.64. The Bertz CT molecular complexity index is 1510. The zero-order chi connectivity index (χ0) is 31.4. The highest BCUT2D eigenvalue weighted by molar-refractivity contribution is 7.99. The van der Waals surface area contributed by atoms with Gasteiger partial charge in [-0.15, -0.1) is 0 Å². The first-order valence-electron chi connectivity index (χ1n) is 14.0.